The van der Waals surface area contributed by atoms with Gasteiger partial charge in [-0.1, -0.05) is 24.3 Å². The monoisotopic (exact) mass is 366 g/mol. The number of carbonyl (C=O) groups is 1. The Kier molecular flexibility index (Phi) is 2.17. The second-order valence-corrected chi connectivity index (χ2v) is 7.69. The van der Waals surface area contributed by atoms with Crippen LogP contribution in [0.1, 0.15) is 0 Å². The van der Waals surface area contributed by atoms with E-state index in [1.165, 1.54) is 12.2 Å². The molecule has 7 rings (SSSR count). The number of ether oxygens (including phenoxy) is 4. The van der Waals surface area contributed by atoms with Crippen LogP contribution in [0.4, 0.5) is 0 Å². The first-order valence-electron chi connectivity index (χ1n) is 8.89. The first kappa shape index (κ1) is 14.6. The predicted octanol–water partition coefficient (Wildman–Crippen LogP) is 0.457. The van der Waals surface area contributed by atoms with Gasteiger partial charge in [-0.05, 0) is 29.7 Å². The lowest BCUT2D eigenvalue weighted by atomic mass is 9.66. The van der Waals surface area contributed by atoms with Crippen LogP contribution in [0.3, 0.4) is 0 Å². The number of benzene rings is 2. The Morgan fingerprint density at radius 3 is 2.41 bits per heavy atom. The van der Waals surface area contributed by atoms with Crippen LogP contribution in [0.5, 0.6) is 11.5 Å². The number of carbonyl (C=O) groups excluding carboxylic acids is 1. The van der Waals surface area contributed by atoms with E-state index in [1.54, 1.807) is 0 Å². The van der Waals surface area contributed by atoms with Crippen molar-refractivity contribution in [2.45, 2.75) is 41.4 Å². The van der Waals surface area contributed by atoms with E-state index < -0.39 is 47.2 Å². The molecule has 27 heavy (non-hydrogen) atoms. The fourth-order valence-electron chi connectivity index (χ4n) is 5.31. The van der Waals surface area contributed by atoms with Crippen molar-refractivity contribution in [2.75, 3.05) is 0 Å². The third-order valence-corrected chi connectivity index (χ3v) is 6.54. The SMILES string of the molecule is O=C1C=C[C@@H](O)[C@]23O[C@]12[C@@H](O)[C@H]1O[C@@H]1C31Oc2cccc3cccc(c23)O1. The Bertz CT molecular complexity index is 1050. The molecule has 2 aromatic carbocycles. The minimum absolute atomic E-state index is 0.419. The van der Waals surface area contributed by atoms with Gasteiger partial charge in [-0.25, -0.2) is 0 Å². The van der Waals surface area contributed by atoms with E-state index in [1.807, 2.05) is 36.4 Å². The van der Waals surface area contributed by atoms with Gasteiger partial charge in [0, 0.05) is 0 Å². The summed E-state index contributed by atoms with van der Waals surface area (Å²) in [4.78, 5) is 12.7. The highest BCUT2D eigenvalue weighted by Crippen LogP contribution is 2.71. The molecule has 2 aromatic rings. The highest BCUT2D eigenvalue weighted by atomic mass is 16.8. The topological polar surface area (TPSA) is 101 Å². The van der Waals surface area contributed by atoms with Crippen LogP contribution >= 0.6 is 0 Å². The molecular formula is C20H14O7. The second-order valence-electron chi connectivity index (χ2n) is 7.69. The lowest BCUT2D eigenvalue weighted by molar-refractivity contribution is -0.207. The van der Waals surface area contributed by atoms with E-state index in [0.29, 0.717) is 11.5 Å². The number of rotatable bonds is 0. The predicted molar refractivity (Wildman–Crippen MR) is 89.3 cm³/mol. The summed E-state index contributed by atoms with van der Waals surface area (Å²) in [5.74, 6) is -0.863. The van der Waals surface area contributed by atoms with Crippen LogP contribution in [0.25, 0.3) is 10.8 Å². The molecule has 5 aliphatic rings. The van der Waals surface area contributed by atoms with Crippen molar-refractivity contribution in [1.29, 1.82) is 0 Å². The van der Waals surface area contributed by atoms with E-state index in [4.69, 9.17) is 18.9 Å². The van der Waals surface area contributed by atoms with Crippen LogP contribution in [-0.2, 0) is 14.3 Å². The summed E-state index contributed by atoms with van der Waals surface area (Å²) in [7, 11) is 0. The zero-order valence-electron chi connectivity index (χ0n) is 13.9. The molecule has 6 atom stereocenters. The van der Waals surface area contributed by atoms with Crippen molar-refractivity contribution in [2.24, 2.45) is 0 Å². The van der Waals surface area contributed by atoms with Gasteiger partial charge in [-0.3, -0.25) is 4.79 Å². The fraction of sp³-hybridized carbons (Fsp3) is 0.350. The molecule has 3 heterocycles. The quantitative estimate of drug-likeness (QED) is 0.653. The van der Waals surface area contributed by atoms with Gasteiger partial charge < -0.3 is 29.2 Å². The molecule has 2 aliphatic carbocycles. The van der Waals surface area contributed by atoms with Crippen LogP contribution < -0.4 is 9.47 Å². The van der Waals surface area contributed by atoms with E-state index in [9.17, 15) is 15.0 Å². The molecule has 7 heteroatoms. The molecule has 1 spiro atoms. The van der Waals surface area contributed by atoms with Gasteiger partial charge in [-0.2, -0.15) is 0 Å². The van der Waals surface area contributed by atoms with E-state index >= 15 is 0 Å². The van der Waals surface area contributed by atoms with Crippen molar-refractivity contribution < 1.29 is 34.0 Å². The molecule has 2 N–H and O–H groups in total. The highest BCUT2D eigenvalue weighted by Gasteiger charge is 2.99. The normalized spacial score (nSPS) is 44.0. The Morgan fingerprint density at radius 1 is 1.00 bits per heavy atom. The molecular weight excluding hydrogens is 352 g/mol. The smallest absolute Gasteiger partial charge is 0.316 e. The van der Waals surface area contributed by atoms with Gasteiger partial charge in [0.1, 0.15) is 29.8 Å². The molecule has 2 saturated heterocycles. The Balaban J connectivity index is 1.50. The van der Waals surface area contributed by atoms with Crippen molar-refractivity contribution in [3.05, 3.63) is 48.6 Å². The Hall–Kier alpha value is -2.45. The molecule has 3 fully saturated rings. The number of aliphatic hydroxyl groups is 2. The van der Waals surface area contributed by atoms with Crippen molar-refractivity contribution >= 4 is 16.6 Å². The molecule has 0 amide bonds. The molecule has 0 radical (unpaired) electrons. The summed E-state index contributed by atoms with van der Waals surface area (Å²) < 4.78 is 24.3. The molecule has 0 aromatic heterocycles. The maximum atomic E-state index is 12.7. The van der Waals surface area contributed by atoms with Crippen molar-refractivity contribution in [3.8, 4) is 11.5 Å². The zero-order chi connectivity index (χ0) is 18.2. The van der Waals surface area contributed by atoms with Crippen LogP contribution in [0.15, 0.2) is 48.6 Å². The highest BCUT2D eigenvalue weighted by molar-refractivity contribution is 6.04. The van der Waals surface area contributed by atoms with Gasteiger partial charge >= 0.3 is 5.79 Å². The van der Waals surface area contributed by atoms with E-state index in [2.05, 4.69) is 0 Å². The van der Waals surface area contributed by atoms with Crippen molar-refractivity contribution in [3.63, 3.8) is 0 Å². The maximum absolute atomic E-state index is 12.7. The summed E-state index contributed by atoms with van der Waals surface area (Å²) >= 11 is 0. The summed E-state index contributed by atoms with van der Waals surface area (Å²) in [6, 6.07) is 11.3. The summed E-state index contributed by atoms with van der Waals surface area (Å²) in [6.07, 6.45) is -1.11. The summed E-state index contributed by atoms with van der Waals surface area (Å²) in [5.41, 5.74) is -3.20. The van der Waals surface area contributed by atoms with Gasteiger partial charge in [-0.15, -0.1) is 0 Å². The van der Waals surface area contributed by atoms with E-state index in [0.717, 1.165) is 10.8 Å². The van der Waals surface area contributed by atoms with Crippen LogP contribution in [0.2, 0.25) is 0 Å². The summed E-state index contributed by atoms with van der Waals surface area (Å²) in [6.45, 7) is 0. The molecule has 0 unspecified atom stereocenters. The summed E-state index contributed by atoms with van der Waals surface area (Å²) in [5, 5.41) is 23.3. The maximum Gasteiger partial charge on any atom is 0.316 e. The minimum Gasteiger partial charge on any atom is -0.446 e. The number of fused-ring (bicyclic) bond motifs is 2. The van der Waals surface area contributed by atoms with Gasteiger partial charge in [0.15, 0.2) is 17.5 Å². The second kappa shape index (κ2) is 4.02. The molecule has 0 bridgehead atoms. The number of hydrogen-bond donors (Lipinski definition) is 2. The Morgan fingerprint density at radius 2 is 1.70 bits per heavy atom. The average Bonchev–Trinajstić information content (AvgIpc) is 3.57. The molecule has 1 saturated carbocycles. The van der Waals surface area contributed by atoms with Gasteiger partial charge in [0.2, 0.25) is 5.60 Å². The van der Waals surface area contributed by atoms with Gasteiger partial charge in [0.25, 0.3) is 0 Å². The third kappa shape index (κ3) is 1.28. The number of ketones is 1. The fourth-order valence-corrected chi connectivity index (χ4v) is 5.31. The standard InChI is InChI=1S/C20H14O7/c21-12-7-8-13(22)19-18(12,27-19)16(23)15-17(24-15)20(19)25-10-5-1-3-9-4-2-6-11(26-20)14(9)10/h1-8,13,15-17,22-23H/t13-,15-,16+,17+,18+,19+/m1/s1. The lowest BCUT2D eigenvalue weighted by Crippen LogP contribution is -2.73. The van der Waals surface area contributed by atoms with Gasteiger partial charge in [0.05, 0.1) is 5.39 Å². The zero-order valence-corrected chi connectivity index (χ0v) is 13.9. The minimum atomic E-state index is -1.63. The Labute approximate surface area is 152 Å². The number of hydrogen-bond acceptors (Lipinski definition) is 7. The van der Waals surface area contributed by atoms with E-state index in [-0.39, 0.29) is 0 Å². The average molecular weight is 366 g/mol. The third-order valence-electron chi connectivity index (χ3n) is 6.54. The van der Waals surface area contributed by atoms with Crippen LogP contribution in [0, 0.1) is 0 Å². The first-order valence-corrected chi connectivity index (χ1v) is 8.89. The number of epoxide rings is 2. The largest absolute Gasteiger partial charge is 0.446 e. The van der Waals surface area contributed by atoms with Crippen molar-refractivity contribution in [1.82, 2.24) is 0 Å². The first-order chi connectivity index (χ1) is 13.1. The van der Waals surface area contributed by atoms with Crippen LogP contribution in [-0.4, -0.2) is 57.4 Å². The molecule has 3 aliphatic heterocycles. The number of aliphatic hydroxyl groups excluding tert-OH is 2. The molecule has 7 nitrogen and oxygen atoms in total. The lowest BCUT2D eigenvalue weighted by Gasteiger charge is -2.46. The molecule has 136 valence electrons.